The van der Waals surface area contributed by atoms with Crippen LogP contribution in [0.15, 0.2) is 23.1 Å². The Bertz CT molecular complexity index is 617. The highest BCUT2D eigenvalue weighted by atomic mass is 32.2. The van der Waals surface area contributed by atoms with Gasteiger partial charge in [-0.05, 0) is 33.3 Å². The van der Waals surface area contributed by atoms with Crippen molar-refractivity contribution in [2.45, 2.75) is 10.9 Å². The molecule has 1 heterocycles. The van der Waals surface area contributed by atoms with E-state index in [1.807, 2.05) is 30.9 Å². The number of hydrogen-bond acceptors (Lipinski definition) is 4. The second kappa shape index (κ2) is 6.57. The number of rotatable bonds is 5. The van der Waals surface area contributed by atoms with E-state index in [1.54, 1.807) is 0 Å². The number of nitrogens with zero attached hydrogens (tertiary/aromatic N) is 2. The summed E-state index contributed by atoms with van der Waals surface area (Å²) in [5.74, 6) is -1.70. The molecule has 124 valence electrons. The first-order valence-corrected chi connectivity index (χ1v) is 8.47. The molecule has 2 rings (SSSR count). The summed E-state index contributed by atoms with van der Waals surface area (Å²) >= 11 is 0. The summed E-state index contributed by atoms with van der Waals surface area (Å²) in [6.07, 6.45) is 0. The fourth-order valence-electron chi connectivity index (χ4n) is 2.83. The zero-order chi connectivity index (χ0) is 16.5. The van der Waals surface area contributed by atoms with Gasteiger partial charge in [-0.2, -0.15) is 0 Å². The van der Waals surface area contributed by atoms with Crippen LogP contribution in [0.1, 0.15) is 0 Å². The number of nitrogens with one attached hydrogen (secondary N) is 1. The van der Waals surface area contributed by atoms with Crippen molar-refractivity contribution in [3.63, 3.8) is 0 Å². The lowest BCUT2D eigenvalue weighted by Crippen LogP contribution is -2.43. The third-order valence-electron chi connectivity index (χ3n) is 3.68. The fourth-order valence-corrected chi connectivity index (χ4v) is 4.16. The molecule has 0 bridgehead atoms. The highest BCUT2D eigenvalue weighted by molar-refractivity contribution is 7.89. The van der Waals surface area contributed by atoms with Gasteiger partial charge in [-0.25, -0.2) is 21.9 Å². The standard InChI is InChI=1S/C14H21F2N3O2S/c1-18(2)7-10-8-19(3)9-14(10)17-22(20,21)13-5-11(15)4-12(16)6-13/h4-6,10,14,17H,7-9H2,1-3H3/t10-,14-/m1/s1. The number of sulfonamides is 1. The first-order valence-electron chi connectivity index (χ1n) is 6.99. The van der Waals surface area contributed by atoms with E-state index >= 15 is 0 Å². The predicted molar refractivity (Wildman–Crippen MR) is 80.0 cm³/mol. The quantitative estimate of drug-likeness (QED) is 0.863. The number of halogens is 2. The minimum absolute atomic E-state index is 0.119. The second-order valence-corrected chi connectivity index (χ2v) is 7.79. The molecule has 1 aliphatic rings. The molecule has 5 nitrogen and oxygen atoms in total. The van der Waals surface area contributed by atoms with E-state index in [9.17, 15) is 17.2 Å². The molecule has 2 atom stereocenters. The molecule has 0 amide bonds. The van der Waals surface area contributed by atoms with E-state index < -0.39 is 21.7 Å². The van der Waals surface area contributed by atoms with Gasteiger partial charge in [0.2, 0.25) is 10.0 Å². The predicted octanol–water partition coefficient (Wildman–Crippen LogP) is 0.735. The van der Waals surface area contributed by atoms with Crippen LogP contribution in [0.4, 0.5) is 8.78 Å². The lowest BCUT2D eigenvalue weighted by Gasteiger charge is -2.22. The van der Waals surface area contributed by atoms with Crippen LogP contribution in [0.2, 0.25) is 0 Å². The molecule has 1 aliphatic heterocycles. The Morgan fingerprint density at radius 2 is 1.82 bits per heavy atom. The van der Waals surface area contributed by atoms with Crippen molar-refractivity contribution in [1.82, 2.24) is 14.5 Å². The Morgan fingerprint density at radius 1 is 1.23 bits per heavy atom. The SMILES string of the molecule is CN(C)C[C@@H]1CN(C)C[C@H]1NS(=O)(=O)c1cc(F)cc(F)c1. The average molecular weight is 333 g/mol. The van der Waals surface area contributed by atoms with Gasteiger partial charge in [0.05, 0.1) is 4.90 Å². The van der Waals surface area contributed by atoms with Crippen molar-refractivity contribution in [3.8, 4) is 0 Å². The lowest BCUT2D eigenvalue weighted by molar-refractivity contribution is 0.304. The third kappa shape index (κ3) is 4.22. The zero-order valence-electron chi connectivity index (χ0n) is 12.9. The fraction of sp³-hybridized carbons (Fsp3) is 0.571. The van der Waals surface area contributed by atoms with Gasteiger partial charge in [0.15, 0.2) is 0 Å². The summed E-state index contributed by atoms with van der Waals surface area (Å²) in [5.41, 5.74) is 0. The van der Waals surface area contributed by atoms with Gasteiger partial charge >= 0.3 is 0 Å². The molecule has 1 aromatic rings. The summed E-state index contributed by atoms with van der Waals surface area (Å²) in [6, 6.07) is 2.01. The maximum atomic E-state index is 13.2. The van der Waals surface area contributed by atoms with E-state index in [0.29, 0.717) is 12.6 Å². The molecule has 22 heavy (non-hydrogen) atoms. The molecular weight excluding hydrogens is 312 g/mol. The Hall–Kier alpha value is -1.09. The molecule has 1 saturated heterocycles. The van der Waals surface area contributed by atoms with E-state index in [0.717, 1.165) is 25.2 Å². The van der Waals surface area contributed by atoms with Crippen LogP contribution in [-0.4, -0.2) is 65.0 Å². The maximum absolute atomic E-state index is 13.2. The van der Waals surface area contributed by atoms with Gasteiger partial charge in [0, 0.05) is 37.7 Å². The first kappa shape index (κ1) is 17.3. The van der Waals surface area contributed by atoms with Crippen LogP contribution < -0.4 is 4.72 Å². The minimum Gasteiger partial charge on any atom is -0.309 e. The highest BCUT2D eigenvalue weighted by Gasteiger charge is 2.34. The zero-order valence-corrected chi connectivity index (χ0v) is 13.7. The van der Waals surface area contributed by atoms with Crippen molar-refractivity contribution < 1.29 is 17.2 Å². The summed E-state index contributed by atoms with van der Waals surface area (Å²) in [5, 5.41) is 0. The van der Waals surface area contributed by atoms with Gasteiger partial charge in [0.1, 0.15) is 11.6 Å². The number of likely N-dealkylation sites (tertiary alicyclic amines) is 1. The van der Waals surface area contributed by atoms with Crippen molar-refractivity contribution in [2.24, 2.45) is 5.92 Å². The van der Waals surface area contributed by atoms with Crippen molar-refractivity contribution in [3.05, 3.63) is 29.8 Å². The van der Waals surface area contributed by atoms with E-state index in [-0.39, 0.29) is 16.9 Å². The highest BCUT2D eigenvalue weighted by Crippen LogP contribution is 2.20. The van der Waals surface area contributed by atoms with E-state index in [2.05, 4.69) is 4.72 Å². The molecule has 8 heteroatoms. The van der Waals surface area contributed by atoms with Crippen molar-refractivity contribution >= 4 is 10.0 Å². The average Bonchev–Trinajstić information content (AvgIpc) is 2.66. The largest absolute Gasteiger partial charge is 0.309 e. The van der Waals surface area contributed by atoms with Gasteiger partial charge in [-0.1, -0.05) is 0 Å². The Labute approximate surface area is 130 Å². The lowest BCUT2D eigenvalue weighted by atomic mass is 10.0. The van der Waals surface area contributed by atoms with Crippen LogP contribution in [0.3, 0.4) is 0 Å². The maximum Gasteiger partial charge on any atom is 0.241 e. The molecule has 1 aromatic carbocycles. The van der Waals surface area contributed by atoms with Gasteiger partial charge in [0.25, 0.3) is 0 Å². The number of hydrogen-bond donors (Lipinski definition) is 1. The summed E-state index contributed by atoms with van der Waals surface area (Å²) in [6.45, 7) is 2.06. The first-order chi connectivity index (χ1) is 10.2. The summed E-state index contributed by atoms with van der Waals surface area (Å²) < 4.78 is 53.8. The molecule has 0 radical (unpaired) electrons. The minimum atomic E-state index is -3.96. The van der Waals surface area contributed by atoms with Gasteiger partial charge < -0.3 is 9.80 Å². The van der Waals surface area contributed by atoms with Crippen molar-refractivity contribution in [1.29, 1.82) is 0 Å². The molecule has 1 N–H and O–H groups in total. The number of benzene rings is 1. The summed E-state index contributed by atoms with van der Waals surface area (Å²) in [7, 11) is 1.80. The molecule has 0 saturated carbocycles. The van der Waals surface area contributed by atoms with Crippen LogP contribution in [0.25, 0.3) is 0 Å². The molecule has 0 aromatic heterocycles. The Balaban J connectivity index is 2.20. The molecule has 0 spiro atoms. The second-order valence-electron chi connectivity index (χ2n) is 6.08. The normalized spacial score (nSPS) is 23.4. The number of likely N-dealkylation sites (N-methyl/N-ethyl adjacent to an activating group) is 1. The van der Waals surface area contributed by atoms with Gasteiger partial charge in [-0.3, -0.25) is 0 Å². The molecule has 0 unspecified atom stereocenters. The van der Waals surface area contributed by atoms with Crippen molar-refractivity contribution in [2.75, 3.05) is 40.8 Å². The topological polar surface area (TPSA) is 52.6 Å². The van der Waals surface area contributed by atoms with Crippen LogP contribution in [-0.2, 0) is 10.0 Å². The smallest absolute Gasteiger partial charge is 0.241 e. The van der Waals surface area contributed by atoms with Crippen LogP contribution in [0, 0.1) is 17.6 Å². The van der Waals surface area contributed by atoms with Crippen LogP contribution >= 0.6 is 0 Å². The molecular formula is C14H21F2N3O2S. The van der Waals surface area contributed by atoms with Crippen LogP contribution in [0.5, 0.6) is 0 Å². The molecule has 1 fully saturated rings. The Kier molecular flexibility index (Phi) is 5.16. The van der Waals surface area contributed by atoms with E-state index in [1.165, 1.54) is 0 Å². The monoisotopic (exact) mass is 333 g/mol. The summed E-state index contributed by atoms with van der Waals surface area (Å²) in [4.78, 5) is 3.64. The van der Waals surface area contributed by atoms with E-state index in [4.69, 9.17) is 0 Å². The third-order valence-corrected chi connectivity index (χ3v) is 5.15. The molecule has 0 aliphatic carbocycles. The Morgan fingerprint density at radius 3 is 2.36 bits per heavy atom. The van der Waals surface area contributed by atoms with Gasteiger partial charge in [-0.15, -0.1) is 0 Å².